The van der Waals surface area contributed by atoms with Crippen LogP contribution in [0.4, 0.5) is 0 Å². The summed E-state index contributed by atoms with van der Waals surface area (Å²) in [6.45, 7) is 1.90. The van der Waals surface area contributed by atoms with Crippen molar-refractivity contribution in [2.24, 2.45) is 7.05 Å². The van der Waals surface area contributed by atoms with E-state index in [1.54, 1.807) is 32.4 Å². The van der Waals surface area contributed by atoms with Gasteiger partial charge in [-0.1, -0.05) is 24.3 Å². The monoisotopic (exact) mass is 422 g/mol. The minimum absolute atomic E-state index is 0.126. The molecule has 3 rings (SSSR count). The summed E-state index contributed by atoms with van der Waals surface area (Å²) >= 11 is 1.02. The van der Waals surface area contributed by atoms with E-state index in [0.717, 1.165) is 16.9 Å². The number of nitrogens with zero attached hydrogens (tertiary/aromatic N) is 1. The molecule has 0 saturated heterocycles. The number of benzene rings is 2. The highest BCUT2D eigenvalue weighted by Gasteiger charge is 2.22. The largest absolute Gasteiger partial charge is 0.493 e. The van der Waals surface area contributed by atoms with Crippen LogP contribution in [-0.2, 0) is 17.1 Å². The molecule has 9 heteroatoms. The number of hydrogen-bond acceptors (Lipinski definition) is 6. The molecule has 1 aromatic heterocycles. The standard InChI is InChI=1S/C19H22N2O5S2/c1-5-14(12-6-9-16(25-3)17(10-12)26-4)20-28(23,24)13-7-8-15-18(11-13)27-19(22)21(15)2/h6-11,14,20H,5H2,1-4H3/t14-/m0/s1. The maximum Gasteiger partial charge on any atom is 0.307 e. The lowest BCUT2D eigenvalue weighted by Gasteiger charge is -2.19. The lowest BCUT2D eigenvalue weighted by Crippen LogP contribution is -2.28. The molecular formula is C19H22N2O5S2. The number of thiazole rings is 1. The van der Waals surface area contributed by atoms with Crippen LogP contribution >= 0.6 is 11.3 Å². The summed E-state index contributed by atoms with van der Waals surface area (Å²) in [4.78, 5) is 11.8. The van der Waals surface area contributed by atoms with Crippen LogP contribution in [0, 0.1) is 0 Å². The van der Waals surface area contributed by atoms with Crippen LogP contribution in [0.25, 0.3) is 10.2 Å². The van der Waals surface area contributed by atoms with Crippen molar-refractivity contribution in [2.45, 2.75) is 24.3 Å². The summed E-state index contributed by atoms with van der Waals surface area (Å²) in [6.07, 6.45) is 0.551. The maximum atomic E-state index is 12.9. The zero-order chi connectivity index (χ0) is 20.5. The van der Waals surface area contributed by atoms with Crippen molar-refractivity contribution in [1.82, 2.24) is 9.29 Å². The Balaban J connectivity index is 1.94. The smallest absolute Gasteiger partial charge is 0.307 e. The van der Waals surface area contributed by atoms with Crippen molar-refractivity contribution < 1.29 is 17.9 Å². The molecule has 0 amide bonds. The van der Waals surface area contributed by atoms with E-state index in [2.05, 4.69) is 4.72 Å². The molecule has 1 atom stereocenters. The van der Waals surface area contributed by atoms with E-state index in [9.17, 15) is 13.2 Å². The lowest BCUT2D eigenvalue weighted by molar-refractivity contribution is 0.354. The number of ether oxygens (including phenoxy) is 2. The van der Waals surface area contributed by atoms with Crippen molar-refractivity contribution in [1.29, 1.82) is 0 Å². The summed E-state index contributed by atoms with van der Waals surface area (Å²) in [6, 6.07) is 9.59. The highest BCUT2D eigenvalue weighted by Crippen LogP contribution is 2.31. The van der Waals surface area contributed by atoms with E-state index in [0.29, 0.717) is 28.1 Å². The van der Waals surface area contributed by atoms with Gasteiger partial charge in [-0.2, -0.15) is 0 Å². The second-order valence-electron chi connectivity index (χ2n) is 6.25. The molecular weight excluding hydrogens is 400 g/mol. The first-order valence-electron chi connectivity index (χ1n) is 8.64. The first kappa shape index (κ1) is 20.4. The molecule has 0 aliphatic carbocycles. The fraction of sp³-hybridized carbons (Fsp3) is 0.316. The normalized spacial score (nSPS) is 12.9. The molecule has 0 radical (unpaired) electrons. The van der Waals surface area contributed by atoms with Gasteiger partial charge in [0.1, 0.15) is 0 Å². The number of nitrogens with one attached hydrogen (secondary N) is 1. The minimum atomic E-state index is -3.78. The van der Waals surface area contributed by atoms with E-state index >= 15 is 0 Å². The van der Waals surface area contributed by atoms with Crippen LogP contribution in [0.1, 0.15) is 24.9 Å². The first-order valence-corrected chi connectivity index (χ1v) is 10.9. The van der Waals surface area contributed by atoms with Crippen LogP contribution in [-0.4, -0.2) is 27.2 Å². The van der Waals surface area contributed by atoms with E-state index in [1.165, 1.54) is 23.8 Å². The van der Waals surface area contributed by atoms with Gasteiger partial charge in [0, 0.05) is 13.1 Å². The van der Waals surface area contributed by atoms with Crippen molar-refractivity contribution in [3.8, 4) is 11.5 Å². The van der Waals surface area contributed by atoms with Gasteiger partial charge in [0.2, 0.25) is 10.0 Å². The summed E-state index contributed by atoms with van der Waals surface area (Å²) in [7, 11) is 0.970. The highest BCUT2D eigenvalue weighted by atomic mass is 32.2. The summed E-state index contributed by atoms with van der Waals surface area (Å²) in [5.74, 6) is 1.11. The average molecular weight is 423 g/mol. The Morgan fingerprint density at radius 1 is 1.11 bits per heavy atom. The highest BCUT2D eigenvalue weighted by molar-refractivity contribution is 7.89. The predicted octanol–water partition coefficient (Wildman–Crippen LogP) is 3.05. The molecule has 0 saturated carbocycles. The zero-order valence-electron chi connectivity index (χ0n) is 16.1. The van der Waals surface area contributed by atoms with Crippen LogP contribution in [0.3, 0.4) is 0 Å². The van der Waals surface area contributed by atoms with Crippen molar-refractivity contribution in [3.05, 3.63) is 51.6 Å². The minimum Gasteiger partial charge on any atom is -0.493 e. The van der Waals surface area contributed by atoms with Crippen LogP contribution in [0.5, 0.6) is 11.5 Å². The Kier molecular flexibility index (Phi) is 5.78. The Hall–Kier alpha value is -2.36. The SMILES string of the molecule is CC[C@H](NS(=O)(=O)c1ccc2c(c1)sc(=O)n2C)c1ccc(OC)c(OC)c1. The molecule has 1 N–H and O–H groups in total. The molecule has 1 heterocycles. The van der Waals surface area contributed by atoms with Crippen LogP contribution in [0.2, 0.25) is 0 Å². The molecule has 0 aliphatic heterocycles. The molecule has 2 aromatic carbocycles. The van der Waals surface area contributed by atoms with Gasteiger partial charge >= 0.3 is 4.87 Å². The second-order valence-corrected chi connectivity index (χ2v) is 8.96. The maximum absolute atomic E-state index is 12.9. The fourth-order valence-electron chi connectivity index (χ4n) is 2.99. The number of aryl methyl sites for hydroxylation is 1. The number of sulfonamides is 1. The molecule has 0 aliphatic rings. The summed E-state index contributed by atoms with van der Waals surface area (Å²) in [5, 5.41) is 0. The second kappa shape index (κ2) is 7.94. The summed E-state index contributed by atoms with van der Waals surface area (Å²) < 4.78 is 41.3. The van der Waals surface area contributed by atoms with Gasteiger partial charge in [-0.05, 0) is 42.3 Å². The van der Waals surface area contributed by atoms with Crippen LogP contribution < -0.4 is 19.1 Å². The third-order valence-corrected chi connectivity index (χ3v) is 7.05. The Morgan fingerprint density at radius 2 is 1.82 bits per heavy atom. The topological polar surface area (TPSA) is 86.6 Å². The quantitative estimate of drug-likeness (QED) is 0.632. The van der Waals surface area contributed by atoms with Gasteiger partial charge in [0.15, 0.2) is 11.5 Å². The van der Waals surface area contributed by atoms with E-state index in [1.807, 2.05) is 13.0 Å². The third kappa shape index (κ3) is 3.78. The van der Waals surface area contributed by atoms with E-state index in [4.69, 9.17) is 9.47 Å². The van der Waals surface area contributed by atoms with Gasteiger partial charge in [0.25, 0.3) is 0 Å². The van der Waals surface area contributed by atoms with Gasteiger partial charge in [-0.15, -0.1) is 0 Å². The third-order valence-electron chi connectivity index (χ3n) is 4.59. The Labute approximate surface area is 167 Å². The van der Waals surface area contributed by atoms with E-state index < -0.39 is 16.1 Å². The molecule has 150 valence electrons. The molecule has 3 aromatic rings. The number of hydrogen-bond donors (Lipinski definition) is 1. The molecule has 0 spiro atoms. The lowest BCUT2D eigenvalue weighted by atomic mass is 10.1. The molecule has 7 nitrogen and oxygen atoms in total. The van der Waals surface area contributed by atoms with Gasteiger partial charge in [0.05, 0.1) is 29.3 Å². The van der Waals surface area contributed by atoms with Gasteiger partial charge in [-0.3, -0.25) is 4.79 Å². The van der Waals surface area contributed by atoms with E-state index in [-0.39, 0.29) is 9.77 Å². The van der Waals surface area contributed by atoms with Crippen molar-refractivity contribution >= 4 is 31.6 Å². The van der Waals surface area contributed by atoms with Gasteiger partial charge < -0.3 is 14.0 Å². The van der Waals surface area contributed by atoms with Gasteiger partial charge in [-0.25, -0.2) is 13.1 Å². The zero-order valence-corrected chi connectivity index (χ0v) is 17.7. The molecule has 0 unspecified atom stereocenters. The van der Waals surface area contributed by atoms with Crippen molar-refractivity contribution in [2.75, 3.05) is 14.2 Å². The molecule has 0 fully saturated rings. The van der Waals surface area contributed by atoms with Crippen molar-refractivity contribution in [3.63, 3.8) is 0 Å². The number of methoxy groups -OCH3 is 2. The van der Waals surface area contributed by atoms with Crippen LogP contribution in [0.15, 0.2) is 46.1 Å². The number of aromatic nitrogens is 1. The average Bonchev–Trinajstić information content (AvgIpc) is 2.98. The summed E-state index contributed by atoms with van der Waals surface area (Å²) in [5.41, 5.74) is 1.48. The number of fused-ring (bicyclic) bond motifs is 1. The number of rotatable bonds is 7. The Morgan fingerprint density at radius 3 is 2.46 bits per heavy atom. The Bertz CT molecular complexity index is 1160. The molecule has 28 heavy (non-hydrogen) atoms. The first-order chi connectivity index (χ1) is 13.3. The fourth-order valence-corrected chi connectivity index (χ4v) is 5.32. The predicted molar refractivity (Wildman–Crippen MR) is 110 cm³/mol. The molecule has 0 bridgehead atoms.